The number of hydrogen-bond acceptors (Lipinski definition) is 3. The highest BCUT2D eigenvalue weighted by molar-refractivity contribution is 7.96. The highest BCUT2D eigenvalue weighted by Gasteiger charge is 2.34. The molecule has 0 unspecified atom stereocenters. The van der Waals surface area contributed by atoms with Gasteiger partial charge < -0.3 is 0 Å². The maximum Gasteiger partial charge on any atom is 0.211 e. The van der Waals surface area contributed by atoms with E-state index in [0.29, 0.717) is 16.1 Å². The standard InChI is InChI=1S/C15H9ClO3S/c16-12-7-5-10(6-8-12)15(17)14-9-11-3-1-2-4-13(11)20(14,18)19/h1-9H. The first-order chi connectivity index (χ1) is 9.50. The van der Waals surface area contributed by atoms with Gasteiger partial charge >= 0.3 is 0 Å². The maximum atomic E-state index is 12.4. The molecule has 0 aliphatic carbocycles. The van der Waals surface area contributed by atoms with Crippen LogP contribution in [0.15, 0.2) is 58.3 Å². The van der Waals surface area contributed by atoms with Crippen molar-refractivity contribution in [3.63, 3.8) is 0 Å². The lowest BCUT2D eigenvalue weighted by Crippen LogP contribution is -2.10. The number of halogens is 1. The Kier molecular flexibility index (Phi) is 3.00. The molecule has 20 heavy (non-hydrogen) atoms. The number of hydrogen-bond donors (Lipinski definition) is 0. The Morgan fingerprint density at radius 3 is 2.25 bits per heavy atom. The first-order valence-electron chi connectivity index (χ1n) is 5.86. The first-order valence-corrected chi connectivity index (χ1v) is 7.72. The zero-order chi connectivity index (χ0) is 14.3. The van der Waals surface area contributed by atoms with E-state index in [1.54, 1.807) is 30.3 Å². The van der Waals surface area contributed by atoms with Gasteiger partial charge in [-0.05, 0) is 42.0 Å². The van der Waals surface area contributed by atoms with Crippen LogP contribution in [0.5, 0.6) is 0 Å². The Labute approximate surface area is 121 Å². The first kappa shape index (κ1) is 13.1. The van der Waals surface area contributed by atoms with Crippen molar-refractivity contribution in [3.05, 3.63) is 69.6 Å². The molecule has 0 aromatic heterocycles. The van der Waals surface area contributed by atoms with Crippen molar-refractivity contribution in [1.29, 1.82) is 0 Å². The third kappa shape index (κ3) is 1.97. The van der Waals surface area contributed by atoms with Crippen LogP contribution in [0, 0.1) is 0 Å². The summed E-state index contributed by atoms with van der Waals surface area (Å²) >= 11 is 5.76. The fraction of sp³-hybridized carbons (Fsp3) is 0. The third-order valence-electron chi connectivity index (χ3n) is 3.11. The average Bonchev–Trinajstić information content (AvgIpc) is 2.71. The lowest BCUT2D eigenvalue weighted by Gasteiger charge is -2.03. The molecule has 0 amide bonds. The van der Waals surface area contributed by atoms with Crippen molar-refractivity contribution in [2.45, 2.75) is 4.90 Å². The van der Waals surface area contributed by atoms with Gasteiger partial charge in [0.05, 0.1) is 4.90 Å². The number of ketones is 1. The second-order valence-electron chi connectivity index (χ2n) is 4.39. The molecule has 0 N–H and O–H groups in total. The fourth-order valence-electron chi connectivity index (χ4n) is 2.11. The number of sulfone groups is 1. The Morgan fingerprint density at radius 2 is 1.60 bits per heavy atom. The van der Waals surface area contributed by atoms with Gasteiger partial charge in [-0.2, -0.15) is 0 Å². The van der Waals surface area contributed by atoms with Gasteiger partial charge in [-0.25, -0.2) is 8.42 Å². The zero-order valence-electron chi connectivity index (χ0n) is 10.2. The molecule has 0 spiro atoms. The third-order valence-corrected chi connectivity index (χ3v) is 5.20. The Bertz CT molecular complexity index is 834. The molecule has 0 bridgehead atoms. The monoisotopic (exact) mass is 304 g/mol. The number of allylic oxidation sites excluding steroid dienone is 1. The number of rotatable bonds is 2. The molecule has 2 aromatic rings. The van der Waals surface area contributed by atoms with Crippen LogP contribution in [-0.2, 0) is 9.84 Å². The summed E-state index contributed by atoms with van der Waals surface area (Å²) in [6, 6.07) is 12.7. The Balaban J connectivity index is 2.09. The van der Waals surface area contributed by atoms with Crippen LogP contribution in [0.2, 0.25) is 5.02 Å². The molecular formula is C15H9ClO3S. The lowest BCUT2D eigenvalue weighted by molar-refractivity contribution is 0.104. The maximum absolute atomic E-state index is 12.4. The number of fused-ring (bicyclic) bond motifs is 1. The highest BCUT2D eigenvalue weighted by Crippen LogP contribution is 2.34. The van der Waals surface area contributed by atoms with Gasteiger partial charge in [0, 0.05) is 10.6 Å². The molecule has 3 nitrogen and oxygen atoms in total. The van der Waals surface area contributed by atoms with E-state index in [1.165, 1.54) is 24.3 Å². The lowest BCUT2D eigenvalue weighted by atomic mass is 10.1. The second-order valence-corrected chi connectivity index (χ2v) is 6.71. The van der Waals surface area contributed by atoms with Crippen molar-refractivity contribution in [2.24, 2.45) is 0 Å². The summed E-state index contributed by atoms with van der Waals surface area (Å²) in [7, 11) is -3.73. The van der Waals surface area contributed by atoms with Crippen LogP contribution in [0.1, 0.15) is 15.9 Å². The minimum atomic E-state index is -3.73. The van der Waals surface area contributed by atoms with Crippen molar-refractivity contribution >= 4 is 33.3 Å². The van der Waals surface area contributed by atoms with Gasteiger partial charge in [0.1, 0.15) is 4.91 Å². The zero-order valence-corrected chi connectivity index (χ0v) is 11.8. The number of benzene rings is 2. The van der Waals surface area contributed by atoms with E-state index in [1.807, 2.05) is 0 Å². The van der Waals surface area contributed by atoms with Gasteiger partial charge in [-0.15, -0.1) is 0 Å². The number of carbonyl (C=O) groups is 1. The highest BCUT2D eigenvalue weighted by atomic mass is 35.5. The molecule has 2 aromatic carbocycles. The number of Topliss-reactive ketones (excluding diaryl/α,β-unsaturated/α-hetero) is 1. The molecule has 0 atom stereocenters. The van der Waals surface area contributed by atoms with Gasteiger partial charge in [-0.3, -0.25) is 4.79 Å². The summed E-state index contributed by atoms with van der Waals surface area (Å²) in [5, 5.41) is 0.494. The summed E-state index contributed by atoms with van der Waals surface area (Å²) in [6.45, 7) is 0. The van der Waals surface area contributed by atoms with Crippen LogP contribution in [0.4, 0.5) is 0 Å². The minimum Gasteiger partial charge on any atom is -0.288 e. The van der Waals surface area contributed by atoms with E-state index in [-0.39, 0.29) is 9.80 Å². The molecule has 0 saturated carbocycles. The molecule has 3 rings (SSSR count). The van der Waals surface area contributed by atoms with E-state index < -0.39 is 15.6 Å². The van der Waals surface area contributed by atoms with Gasteiger partial charge in [0.2, 0.25) is 15.6 Å². The SMILES string of the molecule is O=C(C1=Cc2ccccc2S1(=O)=O)c1ccc(Cl)cc1. The normalized spacial score (nSPS) is 15.6. The summed E-state index contributed by atoms with van der Waals surface area (Å²) < 4.78 is 24.7. The van der Waals surface area contributed by atoms with Crippen molar-refractivity contribution in [3.8, 4) is 0 Å². The van der Waals surface area contributed by atoms with Gasteiger partial charge in [-0.1, -0.05) is 29.8 Å². The summed E-state index contributed by atoms with van der Waals surface area (Å²) in [5.74, 6) is -0.516. The summed E-state index contributed by atoms with van der Waals surface area (Å²) in [4.78, 5) is 12.3. The van der Waals surface area contributed by atoms with E-state index in [4.69, 9.17) is 11.6 Å². The van der Waals surface area contributed by atoms with Crippen LogP contribution in [0.25, 0.3) is 6.08 Å². The molecular weight excluding hydrogens is 296 g/mol. The Morgan fingerprint density at radius 1 is 0.950 bits per heavy atom. The molecule has 0 radical (unpaired) electrons. The average molecular weight is 305 g/mol. The van der Waals surface area contributed by atoms with Gasteiger partial charge in [0.15, 0.2) is 0 Å². The van der Waals surface area contributed by atoms with Crippen LogP contribution < -0.4 is 0 Å². The van der Waals surface area contributed by atoms with E-state index in [0.717, 1.165) is 0 Å². The van der Waals surface area contributed by atoms with E-state index in [9.17, 15) is 13.2 Å². The molecule has 1 aliphatic heterocycles. The molecule has 5 heteroatoms. The molecule has 1 aliphatic rings. The quantitative estimate of drug-likeness (QED) is 0.799. The van der Waals surface area contributed by atoms with Crippen molar-refractivity contribution in [1.82, 2.24) is 0 Å². The summed E-state index contributed by atoms with van der Waals surface area (Å²) in [6.07, 6.45) is 1.42. The molecule has 100 valence electrons. The number of carbonyl (C=O) groups excluding carboxylic acids is 1. The van der Waals surface area contributed by atoms with Crippen LogP contribution in [-0.4, -0.2) is 14.2 Å². The van der Waals surface area contributed by atoms with E-state index in [2.05, 4.69) is 0 Å². The predicted molar refractivity (Wildman–Crippen MR) is 77.4 cm³/mol. The largest absolute Gasteiger partial charge is 0.288 e. The van der Waals surface area contributed by atoms with E-state index >= 15 is 0 Å². The minimum absolute atomic E-state index is 0.178. The van der Waals surface area contributed by atoms with Crippen molar-refractivity contribution in [2.75, 3.05) is 0 Å². The van der Waals surface area contributed by atoms with Crippen LogP contribution in [0.3, 0.4) is 0 Å². The van der Waals surface area contributed by atoms with Crippen molar-refractivity contribution < 1.29 is 13.2 Å². The Hall–Kier alpha value is -1.91. The van der Waals surface area contributed by atoms with Crippen LogP contribution >= 0.6 is 11.6 Å². The molecule has 0 fully saturated rings. The molecule has 1 heterocycles. The molecule has 0 saturated heterocycles. The smallest absolute Gasteiger partial charge is 0.211 e. The predicted octanol–water partition coefficient (Wildman–Crippen LogP) is 3.35. The topological polar surface area (TPSA) is 51.2 Å². The second kappa shape index (κ2) is 4.58. The summed E-state index contributed by atoms with van der Waals surface area (Å²) in [5.41, 5.74) is 0.849. The van der Waals surface area contributed by atoms with Gasteiger partial charge in [0.25, 0.3) is 0 Å². The fourth-order valence-corrected chi connectivity index (χ4v) is 3.81.